The molecule has 1 saturated carbocycles. The molecule has 0 aromatic carbocycles. The molecule has 9 heteroatoms. The Hall–Kier alpha value is -3.93. The highest BCUT2D eigenvalue weighted by atomic mass is 35.5. The molecule has 0 saturated heterocycles. The van der Waals surface area contributed by atoms with Crippen molar-refractivity contribution in [1.82, 2.24) is 24.5 Å². The zero-order valence-electron chi connectivity index (χ0n) is 20.9. The molecule has 2 atom stereocenters. The second-order valence-electron chi connectivity index (χ2n) is 9.91. The van der Waals surface area contributed by atoms with E-state index in [4.69, 9.17) is 16.9 Å². The standard InChI is InChI=1S/C28H25ClN6O2/c1-15-14-33-23(22-6-8-32-27(34-22)28(3,4)37)12-24(15)35-16(2)9-21(25(29)26(35)36)20-11-19(20)17-5-7-31-18(10-17)13-30/h5-10,12,14,19-20,37H,11H2,1-4H3/t19-,20+/m1/s1. The van der Waals surface area contributed by atoms with Crippen LogP contribution in [-0.2, 0) is 5.60 Å². The van der Waals surface area contributed by atoms with Crippen molar-refractivity contribution in [2.75, 3.05) is 0 Å². The Morgan fingerprint density at radius 3 is 2.57 bits per heavy atom. The van der Waals surface area contributed by atoms with Gasteiger partial charge in [-0.3, -0.25) is 14.3 Å². The molecule has 1 aliphatic rings. The lowest BCUT2D eigenvalue weighted by molar-refractivity contribution is 0.0688. The van der Waals surface area contributed by atoms with E-state index in [-0.39, 0.29) is 28.2 Å². The Morgan fingerprint density at radius 2 is 1.84 bits per heavy atom. The van der Waals surface area contributed by atoms with E-state index >= 15 is 0 Å². The first kappa shape index (κ1) is 24.8. The molecule has 0 unspecified atom stereocenters. The monoisotopic (exact) mass is 512 g/mol. The van der Waals surface area contributed by atoms with Gasteiger partial charge in [-0.15, -0.1) is 0 Å². The summed E-state index contributed by atoms with van der Waals surface area (Å²) in [5.74, 6) is 0.585. The highest BCUT2D eigenvalue weighted by Gasteiger charge is 2.41. The molecule has 4 aromatic rings. The zero-order valence-corrected chi connectivity index (χ0v) is 21.7. The van der Waals surface area contributed by atoms with Gasteiger partial charge in [0.1, 0.15) is 22.4 Å². The Labute approximate surface area is 219 Å². The highest BCUT2D eigenvalue weighted by molar-refractivity contribution is 6.31. The summed E-state index contributed by atoms with van der Waals surface area (Å²) < 4.78 is 1.60. The molecule has 4 aromatic heterocycles. The fraction of sp³-hybridized carbons (Fsp3) is 0.286. The number of hydrogen-bond acceptors (Lipinski definition) is 7. The number of nitriles is 1. The lowest BCUT2D eigenvalue weighted by Crippen LogP contribution is -2.23. The molecule has 0 spiro atoms. The third-order valence-electron chi connectivity index (χ3n) is 6.66. The fourth-order valence-corrected chi connectivity index (χ4v) is 4.92. The van der Waals surface area contributed by atoms with Gasteiger partial charge in [-0.05, 0) is 93.0 Å². The van der Waals surface area contributed by atoms with Gasteiger partial charge in [0.25, 0.3) is 5.56 Å². The van der Waals surface area contributed by atoms with E-state index in [2.05, 4.69) is 26.0 Å². The molecule has 1 aliphatic carbocycles. The first-order chi connectivity index (χ1) is 17.6. The van der Waals surface area contributed by atoms with Crippen molar-refractivity contribution < 1.29 is 5.11 Å². The Bertz CT molecular complexity index is 1630. The van der Waals surface area contributed by atoms with Crippen molar-refractivity contribution in [2.24, 2.45) is 0 Å². The summed E-state index contributed by atoms with van der Waals surface area (Å²) in [5.41, 5.74) is 4.03. The van der Waals surface area contributed by atoms with Crippen molar-refractivity contribution >= 4 is 11.6 Å². The maximum Gasteiger partial charge on any atom is 0.274 e. The molecule has 1 N–H and O–H groups in total. The normalized spacial score (nSPS) is 16.9. The molecule has 1 fully saturated rings. The predicted octanol–water partition coefficient (Wildman–Crippen LogP) is 4.72. The van der Waals surface area contributed by atoms with Crippen LogP contribution in [0.4, 0.5) is 0 Å². The second-order valence-corrected chi connectivity index (χ2v) is 10.3. The van der Waals surface area contributed by atoms with Gasteiger partial charge in [0, 0.05) is 24.3 Å². The molecule has 0 aliphatic heterocycles. The third kappa shape index (κ3) is 4.64. The molecule has 186 valence electrons. The van der Waals surface area contributed by atoms with E-state index in [9.17, 15) is 9.90 Å². The van der Waals surface area contributed by atoms with Gasteiger partial charge < -0.3 is 5.11 Å². The minimum atomic E-state index is -1.20. The number of rotatable bonds is 5. The average Bonchev–Trinajstić information content (AvgIpc) is 3.68. The quantitative estimate of drug-likeness (QED) is 0.411. The first-order valence-electron chi connectivity index (χ1n) is 11.9. The fourth-order valence-electron chi connectivity index (χ4n) is 4.64. The van der Waals surface area contributed by atoms with Gasteiger partial charge in [0.2, 0.25) is 0 Å². The summed E-state index contributed by atoms with van der Waals surface area (Å²) in [7, 11) is 0. The van der Waals surface area contributed by atoms with Crippen molar-refractivity contribution in [1.29, 1.82) is 5.26 Å². The van der Waals surface area contributed by atoms with Gasteiger partial charge in [-0.25, -0.2) is 15.0 Å². The van der Waals surface area contributed by atoms with Crippen molar-refractivity contribution in [2.45, 2.75) is 51.6 Å². The summed E-state index contributed by atoms with van der Waals surface area (Å²) in [5, 5.41) is 19.7. The van der Waals surface area contributed by atoms with Crippen LogP contribution in [-0.4, -0.2) is 29.6 Å². The second kappa shape index (κ2) is 9.18. The van der Waals surface area contributed by atoms with Gasteiger partial charge >= 0.3 is 0 Å². The van der Waals surface area contributed by atoms with E-state index in [1.54, 1.807) is 55.2 Å². The average molecular weight is 513 g/mol. The summed E-state index contributed by atoms with van der Waals surface area (Å²) in [6, 6.07) is 11.3. The minimum absolute atomic E-state index is 0.109. The molecule has 4 heterocycles. The number of halogens is 1. The van der Waals surface area contributed by atoms with Crippen molar-refractivity contribution in [3.63, 3.8) is 0 Å². The molecular formula is C28H25ClN6O2. The highest BCUT2D eigenvalue weighted by Crippen LogP contribution is 2.55. The van der Waals surface area contributed by atoms with Crippen molar-refractivity contribution in [3.8, 4) is 23.1 Å². The Balaban J connectivity index is 1.53. The molecule has 8 nitrogen and oxygen atoms in total. The Morgan fingerprint density at radius 1 is 1.08 bits per heavy atom. The van der Waals surface area contributed by atoms with E-state index < -0.39 is 5.60 Å². The number of aryl methyl sites for hydroxylation is 2. The third-order valence-corrected chi connectivity index (χ3v) is 7.04. The van der Waals surface area contributed by atoms with Gasteiger partial charge in [0.15, 0.2) is 5.82 Å². The van der Waals surface area contributed by atoms with Crippen LogP contribution in [0.25, 0.3) is 17.1 Å². The van der Waals surface area contributed by atoms with Gasteiger partial charge in [-0.2, -0.15) is 5.26 Å². The van der Waals surface area contributed by atoms with E-state index in [1.165, 1.54) is 0 Å². The SMILES string of the molecule is Cc1cnc(-c2ccnc(C(C)(C)O)n2)cc1-n1c(C)cc([C@H]2C[C@@H]2c2ccnc(C#N)c2)c(Cl)c1=O. The summed E-state index contributed by atoms with van der Waals surface area (Å²) in [4.78, 5) is 30.8. The molecule has 0 amide bonds. The molecule has 5 rings (SSSR count). The number of aromatic nitrogens is 5. The predicted molar refractivity (Wildman–Crippen MR) is 140 cm³/mol. The van der Waals surface area contributed by atoms with Crippen molar-refractivity contribution in [3.05, 3.63) is 98.2 Å². The summed E-state index contributed by atoms with van der Waals surface area (Å²) >= 11 is 6.68. The van der Waals surface area contributed by atoms with E-state index in [1.807, 2.05) is 26.0 Å². The first-order valence-corrected chi connectivity index (χ1v) is 12.3. The number of hydrogen-bond donors (Lipinski definition) is 1. The number of aliphatic hydroxyl groups is 1. The largest absolute Gasteiger partial charge is 0.382 e. The molecule has 37 heavy (non-hydrogen) atoms. The Kier molecular flexibility index (Phi) is 6.14. The number of nitrogens with zero attached hydrogens (tertiary/aromatic N) is 6. The van der Waals surface area contributed by atoms with E-state index in [0.717, 1.165) is 28.8 Å². The minimum Gasteiger partial charge on any atom is -0.382 e. The molecule has 0 bridgehead atoms. The van der Waals surface area contributed by atoms with Gasteiger partial charge in [0.05, 0.1) is 17.1 Å². The van der Waals surface area contributed by atoms with Gasteiger partial charge in [-0.1, -0.05) is 11.6 Å². The lowest BCUT2D eigenvalue weighted by Gasteiger charge is -2.17. The van der Waals surface area contributed by atoms with Crippen LogP contribution in [0.5, 0.6) is 0 Å². The molecule has 0 radical (unpaired) electrons. The van der Waals surface area contributed by atoms with Crippen LogP contribution in [0, 0.1) is 25.2 Å². The van der Waals surface area contributed by atoms with Crippen LogP contribution < -0.4 is 5.56 Å². The van der Waals surface area contributed by atoms with Crippen LogP contribution in [0.2, 0.25) is 5.02 Å². The van der Waals surface area contributed by atoms with E-state index in [0.29, 0.717) is 22.8 Å². The smallest absolute Gasteiger partial charge is 0.274 e. The maximum atomic E-state index is 13.6. The van der Waals surface area contributed by atoms with Crippen LogP contribution in [0.15, 0.2) is 53.7 Å². The maximum absolute atomic E-state index is 13.6. The lowest BCUT2D eigenvalue weighted by atomic mass is 10.0. The van der Waals surface area contributed by atoms with Crippen LogP contribution >= 0.6 is 11.6 Å². The van der Waals surface area contributed by atoms with Crippen LogP contribution in [0.3, 0.4) is 0 Å². The topological polar surface area (TPSA) is 118 Å². The molecular weight excluding hydrogens is 488 g/mol. The summed E-state index contributed by atoms with van der Waals surface area (Å²) in [6.45, 7) is 7.01. The summed E-state index contributed by atoms with van der Waals surface area (Å²) in [6.07, 6.45) is 5.76. The number of pyridine rings is 3. The zero-order chi connectivity index (χ0) is 26.5. The van der Waals surface area contributed by atoms with Crippen LogP contribution in [0.1, 0.15) is 66.0 Å².